The first kappa shape index (κ1) is 9.01. The predicted molar refractivity (Wildman–Crippen MR) is 46.7 cm³/mol. The molecule has 66 valence electrons. The second kappa shape index (κ2) is 4.07. The molecular formula is C9H19NO. The fourth-order valence-corrected chi connectivity index (χ4v) is 1.21. The molecule has 1 rings (SSSR count). The summed E-state index contributed by atoms with van der Waals surface area (Å²) in [5.74, 6) is 0.635. The minimum Gasteiger partial charge on any atom is -0.374 e. The average Bonchev–Trinajstić information content (AvgIpc) is 2.39. The van der Waals surface area contributed by atoms with Crippen LogP contribution in [0.4, 0.5) is 0 Å². The Morgan fingerprint density at radius 1 is 1.36 bits per heavy atom. The molecule has 0 saturated carbocycles. The van der Waals surface area contributed by atoms with Crippen LogP contribution in [-0.2, 0) is 4.74 Å². The molecule has 0 aromatic heterocycles. The van der Waals surface area contributed by atoms with Crippen LogP contribution in [0.2, 0.25) is 0 Å². The van der Waals surface area contributed by atoms with E-state index in [1.165, 1.54) is 6.42 Å². The lowest BCUT2D eigenvalue weighted by Crippen LogP contribution is -2.25. The summed E-state index contributed by atoms with van der Waals surface area (Å²) in [6.07, 6.45) is 2.05. The zero-order valence-corrected chi connectivity index (χ0v) is 7.76. The van der Waals surface area contributed by atoms with E-state index in [9.17, 15) is 0 Å². The summed E-state index contributed by atoms with van der Waals surface area (Å²) in [5.41, 5.74) is 0. The highest BCUT2D eigenvalue weighted by Crippen LogP contribution is 2.12. The molecule has 2 nitrogen and oxygen atoms in total. The summed E-state index contributed by atoms with van der Waals surface area (Å²) >= 11 is 0. The van der Waals surface area contributed by atoms with Gasteiger partial charge in [-0.15, -0.1) is 0 Å². The molecule has 2 heteroatoms. The maximum Gasteiger partial charge on any atom is 0.0715 e. The van der Waals surface area contributed by atoms with Crippen molar-refractivity contribution in [1.29, 1.82) is 0 Å². The van der Waals surface area contributed by atoms with Crippen molar-refractivity contribution in [1.82, 2.24) is 5.32 Å². The van der Waals surface area contributed by atoms with Gasteiger partial charge >= 0.3 is 0 Å². The van der Waals surface area contributed by atoms with Gasteiger partial charge < -0.3 is 10.1 Å². The first-order valence-corrected chi connectivity index (χ1v) is 4.56. The predicted octanol–water partition coefficient (Wildman–Crippen LogP) is 1.41. The van der Waals surface area contributed by atoms with Crippen molar-refractivity contribution >= 4 is 0 Å². The van der Waals surface area contributed by atoms with Crippen molar-refractivity contribution in [2.24, 2.45) is 5.92 Å². The Hall–Kier alpha value is -0.0800. The van der Waals surface area contributed by atoms with E-state index in [2.05, 4.69) is 26.1 Å². The molecule has 0 radical (unpaired) electrons. The third kappa shape index (κ3) is 2.80. The lowest BCUT2D eigenvalue weighted by molar-refractivity contribution is -0.0146. The van der Waals surface area contributed by atoms with Crippen LogP contribution in [0.3, 0.4) is 0 Å². The maximum absolute atomic E-state index is 5.81. The molecule has 11 heavy (non-hydrogen) atoms. The molecule has 2 atom stereocenters. The van der Waals surface area contributed by atoms with Gasteiger partial charge in [-0.2, -0.15) is 0 Å². The van der Waals surface area contributed by atoms with Gasteiger partial charge in [0.25, 0.3) is 0 Å². The fourth-order valence-electron chi connectivity index (χ4n) is 1.21. The second-order valence-corrected chi connectivity index (χ2v) is 3.70. The fraction of sp³-hybridized carbons (Fsp3) is 1.00. The van der Waals surface area contributed by atoms with Crippen molar-refractivity contribution in [3.05, 3.63) is 0 Å². The van der Waals surface area contributed by atoms with Crippen LogP contribution >= 0.6 is 0 Å². The van der Waals surface area contributed by atoms with Crippen LogP contribution in [-0.4, -0.2) is 25.3 Å². The normalized spacial score (nSPS) is 27.8. The van der Waals surface area contributed by atoms with Gasteiger partial charge in [-0.05, 0) is 25.8 Å². The van der Waals surface area contributed by atoms with E-state index in [1.54, 1.807) is 0 Å². The second-order valence-electron chi connectivity index (χ2n) is 3.70. The van der Waals surface area contributed by atoms with Crippen LogP contribution in [0, 0.1) is 5.92 Å². The smallest absolute Gasteiger partial charge is 0.0715 e. The van der Waals surface area contributed by atoms with E-state index in [0.29, 0.717) is 18.1 Å². The maximum atomic E-state index is 5.81. The summed E-state index contributed by atoms with van der Waals surface area (Å²) in [6.45, 7) is 8.72. The zero-order chi connectivity index (χ0) is 8.27. The van der Waals surface area contributed by atoms with E-state index in [1.807, 2.05) is 0 Å². The molecule has 1 aliphatic heterocycles. The number of rotatable bonds is 3. The van der Waals surface area contributed by atoms with Crippen molar-refractivity contribution in [2.45, 2.75) is 39.4 Å². The molecule has 0 aromatic carbocycles. The van der Waals surface area contributed by atoms with Gasteiger partial charge in [0.1, 0.15) is 0 Å². The van der Waals surface area contributed by atoms with Gasteiger partial charge in [0, 0.05) is 6.54 Å². The summed E-state index contributed by atoms with van der Waals surface area (Å²) < 4.78 is 5.81. The molecule has 1 saturated heterocycles. The van der Waals surface area contributed by atoms with Crippen LogP contribution in [0.5, 0.6) is 0 Å². The van der Waals surface area contributed by atoms with Crippen molar-refractivity contribution in [3.63, 3.8) is 0 Å². The highest BCUT2D eigenvalue weighted by molar-refractivity contribution is 4.72. The number of hydrogen-bond donors (Lipinski definition) is 1. The van der Waals surface area contributed by atoms with Crippen LogP contribution in [0.25, 0.3) is 0 Å². The highest BCUT2D eigenvalue weighted by Gasteiger charge is 2.18. The van der Waals surface area contributed by atoms with Crippen molar-refractivity contribution < 1.29 is 4.74 Å². The molecule has 1 heterocycles. The van der Waals surface area contributed by atoms with E-state index >= 15 is 0 Å². The molecule has 1 aliphatic rings. The monoisotopic (exact) mass is 157 g/mol. The van der Waals surface area contributed by atoms with Crippen LogP contribution in [0.1, 0.15) is 27.2 Å². The Bertz CT molecular complexity index is 108. The average molecular weight is 157 g/mol. The Kier molecular flexibility index (Phi) is 3.34. The Morgan fingerprint density at radius 3 is 2.55 bits per heavy atom. The third-order valence-electron chi connectivity index (χ3n) is 2.36. The first-order valence-electron chi connectivity index (χ1n) is 4.56. The molecule has 0 bridgehead atoms. The van der Waals surface area contributed by atoms with E-state index in [0.717, 1.165) is 13.1 Å². The molecular weight excluding hydrogens is 138 g/mol. The van der Waals surface area contributed by atoms with Gasteiger partial charge in [0.2, 0.25) is 0 Å². The standard InChI is InChI=1S/C9H19NO/c1-7(2)8(3)11-9-4-5-10-6-9/h7-10H,4-6H2,1-3H3/t8?,9-/m0/s1. The summed E-state index contributed by atoms with van der Waals surface area (Å²) in [6, 6.07) is 0. The molecule has 0 aromatic rings. The number of nitrogens with one attached hydrogen (secondary N) is 1. The van der Waals surface area contributed by atoms with Crippen molar-refractivity contribution in [3.8, 4) is 0 Å². The SMILES string of the molecule is CC(C)C(C)O[C@H]1CCNC1. The van der Waals surface area contributed by atoms with Crippen LogP contribution < -0.4 is 5.32 Å². The first-order chi connectivity index (χ1) is 5.20. The van der Waals surface area contributed by atoms with E-state index in [-0.39, 0.29) is 0 Å². The minimum atomic E-state index is 0.403. The summed E-state index contributed by atoms with van der Waals surface area (Å²) in [7, 11) is 0. The minimum absolute atomic E-state index is 0.403. The van der Waals surface area contributed by atoms with Gasteiger partial charge in [0.05, 0.1) is 12.2 Å². The van der Waals surface area contributed by atoms with Gasteiger partial charge in [-0.1, -0.05) is 13.8 Å². The quantitative estimate of drug-likeness (QED) is 0.669. The molecule has 0 spiro atoms. The van der Waals surface area contributed by atoms with Gasteiger partial charge in [-0.3, -0.25) is 0 Å². The molecule has 0 amide bonds. The van der Waals surface area contributed by atoms with E-state index in [4.69, 9.17) is 4.74 Å². The lowest BCUT2D eigenvalue weighted by Gasteiger charge is -2.20. The Labute approximate surface area is 69.3 Å². The third-order valence-corrected chi connectivity index (χ3v) is 2.36. The molecule has 0 aliphatic carbocycles. The van der Waals surface area contributed by atoms with E-state index < -0.39 is 0 Å². The number of hydrogen-bond acceptors (Lipinski definition) is 2. The number of ether oxygens (including phenoxy) is 1. The molecule has 1 fully saturated rings. The molecule has 1 unspecified atom stereocenters. The van der Waals surface area contributed by atoms with Gasteiger partial charge in [-0.25, -0.2) is 0 Å². The Morgan fingerprint density at radius 2 is 2.09 bits per heavy atom. The summed E-state index contributed by atoms with van der Waals surface area (Å²) in [5, 5.41) is 3.29. The van der Waals surface area contributed by atoms with Crippen molar-refractivity contribution in [2.75, 3.05) is 13.1 Å². The zero-order valence-electron chi connectivity index (χ0n) is 7.76. The molecule has 1 N–H and O–H groups in total. The Balaban J connectivity index is 2.18. The highest BCUT2D eigenvalue weighted by atomic mass is 16.5. The van der Waals surface area contributed by atoms with Crippen LogP contribution in [0.15, 0.2) is 0 Å². The topological polar surface area (TPSA) is 21.3 Å². The van der Waals surface area contributed by atoms with Gasteiger partial charge in [0.15, 0.2) is 0 Å². The summed E-state index contributed by atoms with van der Waals surface area (Å²) in [4.78, 5) is 0. The largest absolute Gasteiger partial charge is 0.374 e. The lowest BCUT2D eigenvalue weighted by atomic mass is 10.1.